The normalized spacial score (nSPS) is 10.5. The van der Waals surface area contributed by atoms with Crippen molar-refractivity contribution >= 4 is 11.7 Å². The molecule has 0 spiro atoms. The van der Waals surface area contributed by atoms with Gasteiger partial charge < -0.3 is 10.1 Å². The van der Waals surface area contributed by atoms with Crippen LogP contribution < -0.4 is 10.9 Å². The van der Waals surface area contributed by atoms with Gasteiger partial charge in [-0.05, 0) is 18.2 Å². The molecule has 0 bridgehead atoms. The van der Waals surface area contributed by atoms with Crippen LogP contribution in [0.1, 0.15) is 10.4 Å². The summed E-state index contributed by atoms with van der Waals surface area (Å²) in [6, 6.07) is 8.92. The molecule has 128 valence electrons. The van der Waals surface area contributed by atoms with E-state index in [1.54, 1.807) is 17.9 Å². The molecule has 0 fully saturated rings. The number of carbonyl (C=O) groups excluding carboxylic acids is 1. The number of carbonyl (C=O) groups is 1. The molecule has 8 heteroatoms. The Morgan fingerprint density at radius 3 is 2.52 bits per heavy atom. The first kappa shape index (κ1) is 16.4. The number of ether oxygens (including phenoxy) is 1. The van der Waals surface area contributed by atoms with Crippen LogP contribution in [0.15, 0.2) is 47.5 Å². The summed E-state index contributed by atoms with van der Waals surface area (Å²) in [6.45, 7) is 0. The lowest BCUT2D eigenvalue weighted by Gasteiger charge is -2.09. The van der Waals surface area contributed by atoms with E-state index in [0.29, 0.717) is 11.4 Å². The van der Waals surface area contributed by atoms with Crippen molar-refractivity contribution in [1.29, 1.82) is 0 Å². The van der Waals surface area contributed by atoms with E-state index in [1.165, 1.54) is 19.4 Å². The molecule has 25 heavy (non-hydrogen) atoms. The summed E-state index contributed by atoms with van der Waals surface area (Å²) in [6.07, 6.45) is 3.15. The SMILES string of the molecule is CNc1ccc(-c2cc(C(=O)OC)c(=O)n(-c3cnn(C)c3)n2)cc1. The maximum Gasteiger partial charge on any atom is 0.343 e. The van der Waals surface area contributed by atoms with Crippen LogP contribution in [0.3, 0.4) is 0 Å². The molecule has 0 unspecified atom stereocenters. The molecule has 1 aromatic carbocycles. The van der Waals surface area contributed by atoms with Gasteiger partial charge in [-0.1, -0.05) is 12.1 Å². The van der Waals surface area contributed by atoms with Crippen LogP contribution in [0, 0.1) is 0 Å². The van der Waals surface area contributed by atoms with Crippen LogP contribution >= 0.6 is 0 Å². The Morgan fingerprint density at radius 1 is 1.24 bits per heavy atom. The van der Waals surface area contributed by atoms with E-state index in [0.717, 1.165) is 15.9 Å². The van der Waals surface area contributed by atoms with Crippen molar-refractivity contribution < 1.29 is 9.53 Å². The van der Waals surface area contributed by atoms with E-state index >= 15 is 0 Å². The Hall–Kier alpha value is -3.42. The standard InChI is InChI=1S/C17H17N5O3/c1-18-12-6-4-11(5-7-12)15-8-14(17(24)25-3)16(23)22(20-15)13-9-19-21(2)10-13/h4-10,18H,1-3H3. The first-order valence-corrected chi connectivity index (χ1v) is 7.53. The third-order valence-electron chi connectivity index (χ3n) is 3.72. The van der Waals surface area contributed by atoms with Gasteiger partial charge in [0.2, 0.25) is 0 Å². The first-order chi connectivity index (χ1) is 12.0. The molecule has 0 atom stereocenters. The molecule has 0 aliphatic rings. The highest BCUT2D eigenvalue weighted by Gasteiger charge is 2.18. The molecular weight excluding hydrogens is 322 g/mol. The van der Waals surface area contributed by atoms with Crippen LogP contribution in [0.4, 0.5) is 5.69 Å². The fraction of sp³-hybridized carbons (Fsp3) is 0.176. The third-order valence-corrected chi connectivity index (χ3v) is 3.72. The maximum absolute atomic E-state index is 12.6. The number of aryl methyl sites for hydroxylation is 1. The average molecular weight is 339 g/mol. The minimum atomic E-state index is -0.710. The molecule has 2 heterocycles. The summed E-state index contributed by atoms with van der Waals surface area (Å²) < 4.78 is 7.43. The van der Waals surface area contributed by atoms with Gasteiger partial charge in [0.25, 0.3) is 5.56 Å². The lowest BCUT2D eigenvalue weighted by atomic mass is 10.1. The number of anilines is 1. The Bertz CT molecular complexity index is 973. The molecule has 0 saturated heterocycles. The van der Waals surface area contributed by atoms with Gasteiger partial charge in [-0.3, -0.25) is 9.48 Å². The monoisotopic (exact) mass is 339 g/mol. The predicted octanol–water partition coefficient (Wildman–Crippen LogP) is 1.46. The van der Waals surface area contributed by atoms with Crippen molar-refractivity contribution in [3.05, 3.63) is 58.6 Å². The minimum absolute atomic E-state index is 0.0888. The average Bonchev–Trinajstić information content (AvgIpc) is 3.07. The van der Waals surface area contributed by atoms with Gasteiger partial charge in [0.15, 0.2) is 0 Å². The van der Waals surface area contributed by atoms with Crippen LogP contribution in [-0.2, 0) is 11.8 Å². The van der Waals surface area contributed by atoms with Crippen LogP contribution in [0.25, 0.3) is 16.9 Å². The Balaban J connectivity index is 2.21. The van der Waals surface area contributed by atoms with Gasteiger partial charge in [0.1, 0.15) is 11.3 Å². The molecule has 0 aliphatic carbocycles. The molecule has 2 aromatic heterocycles. The Labute approximate surface area is 143 Å². The molecule has 3 rings (SSSR count). The summed E-state index contributed by atoms with van der Waals surface area (Å²) in [4.78, 5) is 24.6. The van der Waals surface area contributed by atoms with E-state index in [-0.39, 0.29) is 5.56 Å². The molecule has 1 N–H and O–H groups in total. The molecule has 8 nitrogen and oxygen atoms in total. The number of hydrogen-bond donors (Lipinski definition) is 1. The number of benzene rings is 1. The predicted molar refractivity (Wildman–Crippen MR) is 92.9 cm³/mol. The van der Waals surface area contributed by atoms with Crippen molar-refractivity contribution in [2.24, 2.45) is 7.05 Å². The van der Waals surface area contributed by atoms with Gasteiger partial charge in [-0.2, -0.15) is 14.9 Å². The number of methoxy groups -OCH3 is 1. The largest absolute Gasteiger partial charge is 0.465 e. The van der Waals surface area contributed by atoms with Crippen molar-refractivity contribution in [1.82, 2.24) is 19.6 Å². The van der Waals surface area contributed by atoms with Crippen molar-refractivity contribution in [2.45, 2.75) is 0 Å². The van der Waals surface area contributed by atoms with Crippen molar-refractivity contribution in [3.8, 4) is 16.9 Å². The second kappa shape index (κ2) is 6.60. The smallest absolute Gasteiger partial charge is 0.343 e. The molecule has 3 aromatic rings. The number of nitrogens with one attached hydrogen (secondary N) is 1. The van der Waals surface area contributed by atoms with Crippen LogP contribution in [0.5, 0.6) is 0 Å². The second-order valence-corrected chi connectivity index (χ2v) is 5.35. The topological polar surface area (TPSA) is 91.0 Å². The summed E-state index contributed by atoms with van der Waals surface area (Å²) in [5, 5.41) is 11.5. The maximum atomic E-state index is 12.6. The number of esters is 1. The number of hydrogen-bond acceptors (Lipinski definition) is 6. The highest BCUT2D eigenvalue weighted by molar-refractivity contribution is 5.90. The second-order valence-electron chi connectivity index (χ2n) is 5.35. The van der Waals surface area contributed by atoms with Gasteiger partial charge in [-0.25, -0.2) is 4.79 Å². The van der Waals surface area contributed by atoms with E-state index in [2.05, 4.69) is 15.5 Å². The number of aromatic nitrogens is 4. The highest BCUT2D eigenvalue weighted by Crippen LogP contribution is 2.20. The zero-order valence-electron chi connectivity index (χ0n) is 14.1. The third kappa shape index (κ3) is 3.14. The Kier molecular flexibility index (Phi) is 4.34. The molecule has 0 radical (unpaired) electrons. The Morgan fingerprint density at radius 2 is 1.96 bits per heavy atom. The van der Waals surface area contributed by atoms with Crippen molar-refractivity contribution in [3.63, 3.8) is 0 Å². The van der Waals surface area contributed by atoms with Gasteiger partial charge in [0.05, 0.1) is 25.2 Å². The van der Waals surface area contributed by atoms with E-state index < -0.39 is 11.5 Å². The van der Waals surface area contributed by atoms with E-state index in [4.69, 9.17) is 4.74 Å². The van der Waals surface area contributed by atoms with Crippen LogP contribution in [0.2, 0.25) is 0 Å². The minimum Gasteiger partial charge on any atom is -0.465 e. The molecule has 0 aliphatic heterocycles. The molecule has 0 amide bonds. The fourth-order valence-corrected chi connectivity index (χ4v) is 2.39. The summed E-state index contributed by atoms with van der Waals surface area (Å²) in [5.41, 5.74) is 2.00. The summed E-state index contributed by atoms with van der Waals surface area (Å²) in [5.74, 6) is -0.710. The number of rotatable bonds is 4. The van der Waals surface area contributed by atoms with Gasteiger partial charge in [-0.15, -0.1) is 0 Å². The van der Waals surface area contributed by atoms with Crippen molar-refractivity contribution in [2.75, 3.05) is 19.5 Å². The highest BCUT2D eigenvalue weighted by atomic mass is 16.5. The quantitative estimate of drug-likeness (QED) is 0.724. The number of nitrogens with zero attached hydrogens (tertiary/aromatic N) is 4. The van der Waals surface area contributed by atoms with Gasteiger partial charge >= 0.3 is 5.97 Å². The lowest BCUT2D eigenvalue weighted by molar-refractivity contribution is 0.0598. The lowest BCUT2D eigenvalue weighted by Crippen LogP contribution is -2.28. The molecule has 0 saturated carbocycles. The van der Waals surface area contributed by atoms with E-state index in [1.807, 2.05) is 31.3 Å². The summed E-state index contributed by atoms with van der Waals surface area (Å²) >= 11 is 0. The fourth-order valence-electron chi connectivity index (χ4n) is 2.39. The zero-order chi connectivity index (χ0) is 18.0. The van der Waals surface area contributed by atoms with Crippen LogP contribution in [-0.4, -0.2) is 39.7 Å². The van der Waals surface area contributed by atoms with E-state index in [9.17, 15) is 9.59 Å². The first-order valence-electron chi connectivity index (χ1n) is 7.53. The molecular formula is C17H17N5O3. The van der Waals surface area contributed by atoms with Gasteiger partial charge in [0, 0.05) is 25.3 Å². The summed E-state index contributed by atoms with van der Waals surface area (Å²) in [7, 11) is 4.79. The zero-order valence-corrected chi connectivity index (χ0v) is 14.1.